The van der Waals surface area contributed by atoms with Gasteiger partial charge in [-0.05, 0) is 24.6 Å². The van der Waals surface area contributed by atoms with Crippen molar-refractivity contribution in [2.45, 2.75) is 32.7 Å². The molecule has 1 aromatic rings. The average Bonchev–Trinajstić information content (AvgIpc) is 2.55. The Balaban J connectivity index is 2.04. The Hall–Kier alpha value is -1.84. The second kappa shape index (κ2) is 6.36. The molecular weight excluding hydrogens is 242 g/mol. The molecule has 1 aliphatic rings. The zero-order chi connectivity index (χ0) is 13.7. The lowest BCUT2D eigenvalue weighted by molar-refractivity contribution is -0.131. The fraction of sp³-hybridized carbons (Fsp3) is 0.467. The maximum absolute atomic E-state index is 11.9. The van der Waals surface area contributed by atoms with Crippen molar-refractivity contribution in [2.24, 2.45) is 0 Å². The van der Waals surface area contributed by atoms with Crippen molar-refractivity contribution < 1.29 is 14.3 Å². The molecule has 4 nitrogen and oxygen atoms in total. The van der Waals surface area contributed by atoms with Gasteiger partial charge >= 0.3 is 0 Å². The number of carbonyl (C=O) groups is 2. The first kappa shape index (κ1) is 13.6. The lowest BCUT2D eigenvalue weighted by Crippen LogP contribution is -2.29. The smallest absolute Gasteiger partial charge is 0.223 e. The highest BCUT2D eigenvalue weighted by molar-refractivity contribution is 5.87. The molecule has 0 radical (unpaired) electrons. The van der Waals surface area contributed by atoms with Crippen LogP contribution in [0.5, 0.6) is 5.75 Å². The van der Waals surface area contributed by atoms with Crippen molar-refractivity contribution >= 4 is 11.7 Å². The fourth-order valence-corrected chi connectivity index (χ4v) is 2.20. The van der Waals surface area contributed by atoms with E-state index < -0.39 is 0 Å². The first-order valence-electron chi connectivity index (χ1n) is 6.70. The van der Waals surface area contributed by atoms with Crippen LogP contribution in [0.4, 0.5) is 0 Å². The Morgan fingerprint density at radius 3 is 2.84 bits per heavy atom. The number of Topliss-reactive ketones (excluding diaryl/α,β-unsaturated/α-hetero) is 1. The lowest BCUT2D eigenvalue weighted by atomic mass is 10.2. The number of hydrogen-bond acceptors (Lipinski definition) is 3. The van der Waals surface area contributed by atoms with Crippen molar-refractivity contribution in [1.82, 2.24) is 4.90 Å². The largest absolute Gasteiger partial charge is 0.494 e. The zero-order valence-corrected chi connectivity index (χ0v) is 11.2. The summed E-state index contributed by atoms with van der Waals surface area (Å²) in [6.07, 6.45) is 1.19. The highest BCUT2D eigenvalue weighted by Gasteiger charge is 2.20. The van der Waals surface area contributed by atoms with E-state index >= 15 is 0 Å². The summed E-state index contributed by atoms with van der Waals surface area (Å²) in [6.45, 7) is 3.64. The number of likely N-dealkylation sites (tertiary alicyclic amines) is 1. The third-order valence-electron chi connectivity index (χ3n) is 3.21. The van der Waals surface area contributed by atoms with Crippen LogP contribution in [0, 0.1) is 0 Å². The predicted molar refractivity (Wildman–Crippen MR) is 71.9 cm³/mol. The van der Waals surface area contributed by atoms with Gasteiger partial charge in [0, 0.05) is 32.4 Å². The molecule has 1 aromatic carbocycles. The summed E-state index contributed by atoms with van der Waals surface area (Å²) in [5, 5.41) is 0. The van der Waals surface area contributed by atoms with Crippen LogP contribution in [0.1, 0.15) is 31.7 Å². The minimum atomic E-state index is 0.0627. The highest BCUT2D eigenvalue weighted by atomic mass is 16.5. The van der Waals surface area contributed by atoms with Crippen LogP contribution in [-0.4, -0.2) is 29.7 Å². The number of ether oxygens (including phenoxy) is 1. The number of carbonyl (C=O) groups excluding carboxylic acids is 2. The number of hydrogen-bond donors (Lipinski definition) is 0. The minimum Gasteiger partial charge on any atom is -0.494 e. The molecule has 102 valence electrons. The number of ketones is 1. The maximum Gasteiger partial charge on any atom is 0.223 e. The Kier molecular flexibility index (Phi) is 4.55. The van der Waals surface area contributed by atoms with Crippen molar-refractivity contribution in [3.8, 4) is 5.75 Å². The van der Waals surface area contributed by atoms with Crippen molar-refractivity contribution in [3.05, 3.63) is 29.8 Å². The Morgan fingerprint density at radius 2 is 2.05 bits per heavy atom. The Bertz CT molecular complexity index is 470. The lowest BCUT2D eigenvalue weighted by Gasteiger charge is -2.20. The van der Waals surface area contributed by atoms with E-state index in [0.717, 1.165) is 11.3 Å². The maximum atomic E-state index is 11.9. The molecule has 1 amide bonds. The van der Waals surface area contributed by atoms with Gasteiger partial charge in [0.2, 0.25) is 5.91 Å². The second-order valence-corrected chi connectivity index (χ2v) is 4.68. The quantitative estimate of drug-likeness (QED) is 0.834. The van der Waals surface area contributed by atoms with Crippen LogP contribution < -0.4 is 4.74 Å². The first-order chi connectivity index (χ1) is 9.19. The highest BCUT2D eigenvalue weighted by Crippen LogP contribution is 2.17. The van der Waals surface area contributed by atoms with E-state index in [9.17, 15) is 9.59 Å². The van der Waals surface area contributed by atoms with Crippen LogP contribution in [0.2, 0.25) is 0 Å². The molecule has 0 bridgehead atoms. The number of benzene rings is 1. The predicted octanol–water partition coefficient (Wildman–Crippen LogP) is 2.17. The summed E-state index contributed by atoms with van der Waals surface area (Å²) >= 11 is 0. The molecule has 0 saturated carbocycles. The summed E-state index contributed by atoms with van der Waals surface area (Å²) in [7, 11) is 0. The summed E-state index contributed by atoms with van der Waals surface area (Å²) in [5.41, 5.74) is 1.04. The van der Waals surface area contributed by atoms with E-state index in [4.69, 9.17) is 4.74 Å². The number of nitrogens with zero attached hydrogens (tertiary/aromatic N) is 1. The van der Waals surface area contributed by atoms with E-state index in [0.29, 0.717) is 39.0 Å². The molecule has 4 heteroatoms. The Labute approximate surface area is 113 Å². The van der Waals surface area contributed by atoms with Gasteiger partial charge in [-0.3, -0.25) is 9.59 Å². The topological polar surface area (TPSA) is 46.6 Å². The molecule has 1 saturated heterocycles. The standard InChI is InChI=1S/C15H19NO3/c1-2-19-14-5-3-4-12(10-14)11-16-9-8-13(17)6-7-15(16)18/h3-5,10H,2,6-9,11H2,1H3. The zero-order valence-electron chi connectivity index (χ0n) is 11.2. The van der Waals surface area contributed by atoms with Gasteiger partial charge in [0.15, 0.2) is 0 Å². The van der Waals surface area contributed by atoms with E-state index in [2.05, 4.69) is 0 Å². The third-order valence-corrected chi connectivity index (χ3v) is 3.21. The molecule has 2 rings (SSSR count). The number of rotatable bonds is 4. The SMILES string of the molecule is CCOc1cccc(CN2CCC(=O)CCC2=O)c1. The van der Waals surface area contributed by atoms with Crippen LogP contribution in [0.25, 0.3) is 0 Å². The van der Waals surface area contributed by atoms with Crippen molar-refractivity contribution in [3.63, 3.8) is 0 Å². The molecular formula is C15H19NO3. The second-order valence-electron chi connectivity index (χ2n) is 4.68. The summed E-state index contributed by atoms with van der Waals surface area (Å²) in [5.74, 6) is 1.06. The molecule has 0 aliphatic carbocycles. The molecule has 1 fully saturated rings. The van der Waals surface area contributed by atoms with Gasteiger partial charge in [-0.1, -0.05) is 12.1 Å². The average molecular weight is 261 g/mol. The molecule has 1 heterocycles. The molecule has 0 atom stereocenters. The van der Waals surface area contributed by atoms with Crippen LogP contribution in [0.3, 0.4) is 0 Å². The fourth-order valence-electron chi connectivity index (χ4n) is 2.20. The van der Waals surface area contributed by atoms with Crippen molar-refractivity contribution in [2.75, 3.05) is 13.2 Å². The van der Waals surface area contributed by atoms with Gasteiger partial charge < -0.3 is 9.64 Å². The van der Waals surface area contributed by atoms with E-state index in [1.807, 2.05) is 31.2 Å². The molecule has 0 unspecified atom stereocenters. The van der Waals surface area contributed by atoms with Crippen molar-refractivity contribution in [1.29, 1.82) is 0 Å². The molecule has 0 aromatic heterocycles. The summed E-state index contributed by atoms with van der Waals surface area (Å²) in [4.78, 5) is 25.0. The van der Waals surface area contributed by atoms with E-state index in [1.165, 1.54) is 0 Å². The normalized spacial score (nSPS) is 16.4. The van der Waals surface area contributed by atoms with E-state index in [1.54, 1.807) is 4.90 Å². The van der Waals surface area contributed by atoms with Crippen LogP contribution in [0.15, 0.2) is 24.3 Å². The van der Waals surface area contributed by atoms with Gasteiger partial charge in [-0.25, -0.2) is 0 Å². The Morgan fingerprint density at radius 1 is 1.21 bits per heavy atom. The van der Waals surface area contributed by atoms with Crippen LogP contribution >= 0.6 is 0 Å². The van der Waals surface area contributed by atoms with Gasteiger partial charge in [0.1, 0.15) is 11.5 Å². The van der Waals surface area contributed by atoms with Gasteiger partial charge in [-0.2, -0.15) is 0 Å². The van der Waals surface area contributed by atoms with Gasteiger partial charge in [-0.15, -0.1) is 0 Å². The molecule has 0 N–H and O–H groups in total. The van der Waals surface area contributed by atoms with Crippen LogP contribution in [-0.2, 0) is 16.1 Å². The minimum absolute atomic E-state index is 0.0627. The number of amides is 1. The summed E-state index contributed by atoms with van der Waals surface area (Å²) < 4.78 is 5.45. The monoisotopic (exact) mass is 261 g/mol. The molecule has 19 heavy (non-hydrogen) atoms. The van der Waals surface area contributed by atoms with Gasteiger partial charge in [0.25, 0.3) is 0 Å². The first-order valence-corrected chi connectivity index (χ1v) is 6.70. The molecule has 0 spiro atoms. The van der Waals surface area contributed by atoms with Gasteiger partial charge in [0.05, 0.1) is 6.61 Å². The third kappa shape index (κ3) is 3.81. The van der Waals surface area contributed by atoms with E-state index in [-0.39, 0.29) is 11.7 Å². The molecule has 1 aliphatic heterocycles. The summed E-state index contributed by atoms with van der Waals surface area (Å²) in [6, 6.07) is 7.75.